The molecule has 1 amide bonds. The number of halogens is 1. The van der Waals surface area contributed by atoms with E-state index < -0.39 is 0 Å². The van der Waals surface area contributed by atoms with E-state index in [-0.39, 0.29) is 5.82 Å². The highest BCUT2D eigenvalue weighted by Gasteiger charge is 2.12. The number of carbonyl (C=O) groups is 1. The molecular weight excluding hydrogens is 411 g/mol. The van der Waals surface area contributed by atoms with Crippen LogP contribution in [0, 0.1) is 11.2 Å². The molecule has 0 aromatic heterocycles. The molecule has 164 valence electrons. The normalized spacial score (nSPS) is 10.9. The maximum atomic E-state index is 13.2. The number of benzene rings is 2. The van der Waals surface area contributed by atoms with Gasteiger partial charge in [-0.15, -0.1) is 0 Å². The maximum absolute atomic E-state index is 13.2. The van der Waals surface area contributed by atoms with Gasteiger partial charge in [-0.2, -0.15) is 0 Å². The third-order valence-corrected chi connectivity index (χ3v) is 4.99. The molecule has 0 aliphatic rings. The highest BCUT2D eigenvalue weighted by Crippen LogP contribution is 2.32. The number of rotatable bonds is 11. The van der Waals surface area contributed by atoms with E-state index in [2.05, 4.69) is 10.0 Å². The number of nitrogens with zero attached hydrogens (tertiary/aromatic N) is 1. The van der Waals surface area contributed by atoms with Crippen molar-refractivity contribution >= 4 is 41.5 Å². The lowest BCUT2D eigenvalue weighted by atomic mass is 9.99. The van der Waals surface area contributed by atoms with E-state index in [1.807, 2.05) is 39.0 Å². The first-order valence-corrected chi connectivity index (χ1v) is 11.0. The molecule has 0 unspecified atom stereocenters. The van der Waals surface area contributed by atoms with Crippen LogP contribution in [0.4, 0.5) is 15.8 Å². The highest BCUT2D eigenvalue weighted by atomic mass is 32.2. The predicted molar refractivity (Wildman–Crippen MR) is 131 cm³/mol. The molecule has 0 radical (unpaired) electrons. The van der Waals surface area contributed by atoms with Gasteiger partial charge in [0.15, 0.2) is 0 Å². The molecule has 0 fully saturated rings. The number of allylic oxidation sites excluding steroid dienone is 3. The van der Waals surface area contributed by atoms with Gasteiger partial charge in [0.05, 0.1) is 5.69 Å². The van der Waals surface area contributed by atoms with Gasteiger partial charge in [0, 0.05) is 43.0 Å². The zero-order valence-electron chi connectivity index (χ0n) is 18.3. The molecule has 0 bridgehead atoms. The van der Waals surface area contributed by atoms with Crippen LogP contribution in [-0.4, -0.2) is 30.3 Å². The number of nitrogens with one attached hydrogen (secondary N) is 3. The van der Waals surface area contributed by atoms with Crippen molar-refractivity contribution in [1.29, 1.82) is 5.41 Å². The van der Waals surface area contributed by atoms with Crippen LogP contribution in [0.3, 0.4) is 0 Å². The minimum Gasteiger partial charge on any atom is -0.380 e. The van der Waals surface area contributed by atoms with Gasteiger partial charge in [0.2, 0.25) is 6.41 Å². The molecule has 2 aromatic carbocycles. The molecule has 0 aliphatic carbocycles. The van der Waals surface area contributed by atoms with Crippen LogP contribution in [0.25, 0.3) is 5.57 Å². The van der Waals surface area contributed by atoms with Gasteiger partial charge < -0.3 is 20.3 Å². The monoisotopic (exact) mass is 440 g/mol. The van der Waals surface area contributed by atoms with Crippen molar-refractivity contribution in [3.05, 3.63) is 76.8 Å². The number of hydrogen-bond donors (Lipinski definition) is 3. The van der Waals surface area contributed by atoms with Crippen molar-refractivity contribution in [3.63, 3.8) is 0 Å². The minimum atomic E-state index is -0.273. The van der Waals surface area contributed by atoms with Crippen molar-refractivity contribution in [1.82, 2.24) is 4.90 Å². The molecular formula is C24H29FN4OS. The van der Waals surface area contributed by atoms with E-state index in [1.54, 1.807) is 37.3 Å². The van der Waals surface area contributed by atoms with Crippen LogP contribution in [0.15, 0.2) is 54.2 Å². The maximum Gasteiger partial charge on any atom is 0.213 e. The van der Waals surface area contributed by atoms with Crippen molar-refractivity contribution < 1.29 is 9.18 Å². The zero-order chi connectivity index (χ0) is 22.8. The minimum absolute atomic E-state index is 0.273. The molecule has 7 heteroatoms. The summed E-state index contributed by atoms with van der Waals surface area (Å²) in [5.74, 6) is 0.592. The van der Waals surface area contributed by atoms with Crippen LogP contribution in [-0.2, 0) is 11.3 Å². The van der Waals surface area contributed by atoms with E-state index in [4.69, 9.17) is 5.41 Å². The lowest BCUT2D eigenvalue weighted by Gasteiger charge is -2.18. The van der Waals surface area contributed by atoms with Crippen LogP contribution in [0.2, 0.25) is 0 Å². The Morgan fingerprint density at radius 1 is 1.19 bits per heavy atom. The van der Waals surface area contributed by atoms with Gasteiger partial charge in [-0.05, 0) is 54.8 Å². The van der Waals surface area contributed by atoms with Crippen molar-refractivity contribution in [2.45, 2.75) is 27.3 Å². The first kappa shape index (κ1) is 24.2. The van der Waals surface area contributed by atoms with Crippen molar-refractivity contribution in [2.24, 2.45) is 0 Å². The Morgan fingerprint density at radius 3 is 2.45 bits per heavy atom. The summed E-state index contributed by atoms with van der Waals surface area (Å²) in [6.07, 6.45) is 5.86. The fraction of sp³-hybridized carbons (Fsp3) is 0.250. The summed E-state index contributed by atoms with van der Waals surface area (Å²) in [6.45, 7) is 6.54. The largest absolute Gasteiger partial charge is 0.380 e. The molecule has 5 nitrogen and oxygen atoms in total. The highest BCUT2D eigenvalue weighted by molar-refractivity contribution is 8.00. The lowest BCUT2D eigenvalue weighted by molar-refractivity contribution is -0.114. The Balaban J connectivity index is 2.54. The van der Waals surface area contributed by atoms with E-state index >= 15 is 0 Å². The molecule has 3 N–H and O–H groups in total. The van der Waals surface area contributed by atoms with Crippen LogP contribution in [0.5, 0.6) is 0 Å². The Bertz CT molecular complexity index is 966. The van der Waals surface area contributed by atoms with Crippen LogP contribution < -0.4 is 10.0 Å². The van der Waals surface area contributed by atoms with E-state index in [0.717, 1.165) is 51.4 Å². The Kier molecular flexibility index (Phi) is 9.34. The second kappa shape index (κ2) is 12.0. The van der Waals surface area contributed by atoms with E-state index in [9.17, 15) is 9.18 Å². The fourth-order valence-electron chi connectivity index (χ4n) is 2.91. The second-order valence-electron chi connectivity index (χ2n) is 7.22. The van der Waals surface area contributed by atoms with Crippen molar-refractivity contribution in [3.8, 4) is 0 Å². The number of amides is 1. The summed E-state index contributed by atoms with van der Waals surface area (Å²) in [6, 6.07) is 10.3. The topological polar surface area (TPSA) is 68.2 Å². The van der Waals surface area contributed by atoms with Crippen molar-refractivity contribution in [2.75, 3.05) is 22.8 Å². The summed E-state index contributed by atoms with van der Waals surface area (Å²) >= 11 is 1.54. The smallest absolute Gasteiger partial charge is 0.213 e. The first-order chi connectivity index (χ1) is 14.9. The first-order valence-electron chi connectivity index (χ1n) is 9.96. The van der Waals surface area contributed by atoms with Gasteiger partial charge >= 0.3 is 0 Å². The number of carbonyl (C=O) groups excluding carboxylic acids is 1. The average molecular weight is 441 g/mol. The third kappa shape index (κ3) is 7.29. The summed E-state index contributed by atoms with van der Waals surface area (Å²) in [4.78, 5) is 12.7. The number of hydrogen-bond acceptors (Lipinski definition) is 5. The Labute approximate surface area is 188 Å². The third-order valence-electron chi connectivity index (χ3n) is 4.33. The van der Waals surface area contributed by atoms with E-state index in [1.165, 1.54) is 23.2 Å². The van der Waals surface area contributed by atoms with Gasteiger partial charge in [0.25, 0.3) is 0 Å². The standard InChI is InChI=1S/C24H29FN4OS/c1-5-31-28-24-12-19(20(10-17(2)3)15-29(4)16-30)11-23(22(24)13-26)27-14-18-6-8-21(25)9-7-18/h6-13,15-16,26-28H,5,14H2,1-4H3/b20-15+,26-13?. The summed E-state index contributed by atoms with van der Waals surface area (Å²) < 4.78 is 16.5. The van der Waals surface area contributed by atoms with Crippen LogP contribution >= 0.6 is 11.9 Å². The molecule has 0 saturated heterocycles. The average Bonchev–Trinajstić information content (AvgIpc) is 2.75. The molecule has 0 atom stereocenters. The molecule has 0 spiro atoms. The van der Waals surface area contributed by atoms with Gasteiger partial charge in [0.1, 0.15) is 5.82 Å². The summed E-state index contributed by atoms with van der Waals surface area (Å²) in [5, 5.41) is 11.3. The Morgan fingerprint density at radius 2 is 1.87 bits per heavy atom. The predicted octanol–water partition coefficient (Wildman–Crippen LogP) is 5.91. The second-order valence-corrected chi connectivity index (χ2v) is 8.29. The molecule has 2 rings (SSSR count). The quantitative estimate of drug-likeness (QED) is 0.176. The Hall–Kier alpha value is -3.06. The molecule has 0 aliphatic heterocycles. The SMILES string of the molecule is CCSNc1cc(/C(C=C(C)C)=C/N(C)C=O)cc(NCc2ccc(F)cc2)c1C=N. The zero-order valence-corrected chi connectivity index (χ0v) is 19.1. The molecule has 2 aromatic rings. The molecule has 0 heterocycles. The van der Waals surface area contributed by atoms with Crippen LogP contribution in [0.1, 0.15) is 37.5 Å². The molecule has 31 heavy (non-hydrogen) atoms. The summed E-state index contributed by atoms with van der Waals surface area (Å²) in [7, 11) is 1.69. The van der Waals surface area contributed by atoms with Gasteiger partial charge in [-0.1, -0.05) is 42.7 Å². The molecule has 0 saturated carbocycles. The summed E-state index contributed by atoms with van der Waals surface area (Å²) in [5.41, 5.74) is 6.12. The van der Waals surface area contributed by atoms with Gasteiger partial charge in [-0.3, -0.25) is 4.79 Å². The lowest BCUT2D eigenvalue weighted by Crippen LogP contribution is -2.09. The van der Waals surface area contributed by atoms with Gasteiger partial charge in [-0.25, -0.2) is 4.39 Å². The fourth-order valence-corrected chi connectivity index (χ4v) is 3.38. The van der Waals surface area contributed by atoms with E-state index in [0.29, 0.717) is 6.54 Å². The number of anilines is 2.